The first-order valence-electron chi connectivity index (χ1n) is 17.2. The average Bonchev–Trinajstić information content (AvgIpc) is 3.11. The lowest BCUT2D eigenvalue weighted by Gasteiger charge is -2.52. The summed E-state index contributed by atoms with van der Waals surface area (Å²) in [6.45, 7) is 9.36. The summed E-state index contributed by atoms with van der Waals surface area (Å²) < 4.78 is 0. The van der Waals surface area contributed by atoms with Gasteiger partial charge in [-0.25, -0.2) is 15.0 Å². The van der Waals surface area contributed by atoms with Gasteiger partial charge in [-0.3, -0.25) is 4.79 Å². The zero-order chi connectivity index (χ0) is 33.7. The number of nitrogens with two attached hydrogens (primary N) is 1. The SMILES string of the molecule is CCCNc1cc(C2C(c3ccccc3)C(c3cc(SCCNC(=O)CN)nc(NCCC)n3)C2c2ccccc2)nc(NCCC)n1. The van der Waals surface area contributed by atoms with Crippen LogP contribution in [0.25, 0.3) is 0 Å². The molecule has 0 radical (unpaired) electrons. The quantitative estimate of drug-likeness (QED) is 0.0463. The molecular weight excluding hydrogens is 619 g/mol. The Bertz CT molecular complexity index is 1520. The van der Waals surface area contributed by atoms with Gasteiger partial charge >= 0.3 is 0 Å². The van der Waals surface area contributed by atoms with E-state index in [2.05, 4.69) is 115 Å². The van der Waals surface area contributed by atoms with Crippen molar-refractivity contribution in [1.82, 2.24) is 25.3 Å². The van der Waals surface area contributed by atoms with Crippen molar-refractivity contribution in [3.8, 4) is 0 Å². The smallest absolute Gasteiger partial charge is 0.233 e. The summed E-state index contributed by atoms with van der Waals surface area (Å²) >= 11 is 1.61. The first-order chi connectivity index (χ1) is 23.6. The second kappa shape index (κ2) is 17.8. The molecule has 1 amide bonds. The minimum atomic E-state index is -0.160. The minimum absolute atomic E-state index is 0.0172. The Kier molecular flexibility index (Phi) is 13.0. The molecule has 254 valence electrons. The van der Waals surface area contributed by atoms with Gasteiger partial charge < -0.3 is 27.0 Å². The second-order valence-electron chi connectivity index (χ2n) is 12.1. The van der Waals surface area contributed by atoms with E-state index in [-0.39, 0.29) is 36.1 Å². The van der Waals surface area contributed by atoms with Crippen molar-refractivity contribution in [3.05, 3.63) is 95.3 Å². The van der Waals surface area contributed by atoms with E-state index in [4.69, 9.17) is 25.7 Å². The molecule has 6 N–H and O–H groups in total. The predicted molar refractivity (Wildman–Crippen MR) is 197 cm³/mol. The van der Waals surface area contributed by atoms with Crippen LogP contribution in [-0.2, 0) is 4.79 Å². The van der Waals surface area contributed by atoms with Gasteiger partial charge in [-0.15, -0.1) is 11.8 Å². The van der Waals surface area contributed by atoms with Gasteiger partial charge in [0.2, 0.25) is 17.8 Å². The molecule has 0 spiro atoms. The first-order valence-corrected chi connectivity index (χ1v) is 18.2. The molecule has 1 aliphatic carbocycles. The lowest BCUT2D eigenvalue weighted by Crippen LogP contribution is -2.41. The molecule has 1 saturated carbocycles. The molecule has 0 aliphatic heterocycles. The normalized spacial score (nSPS) is 18.5. The number of aromatic nitrogens is 4. The van der Waals surface area contributed by atoms with Gasteiger partial charge in [0.15, 0.2) is 0 Å². The van der Waals surface area contributed by atoms with Crippen molar-refractivity contribution in [2.75, 3.05) is 54.4 Å². The number of carbonyl (C=O) groups is 1. The molecule has 2 unspecified atom stereocenters. The summed E-state index contributed by atoms with van der Waals surface area (Å²) in [7, 11) is 0. The third kappa shape index (κ3) is 8.82. The van der Waals surface area contributed by atoms with Crippen molar-refractivity contribution in [2.45, 2.75) is 68.7 Å². The molecule has 5 rings (SSSR count). The van der Waals surface area contributed by atoms with Crippen LogP contribution in [0.4, 0.5) is 17.7 Å². The molecule has 0 saturated heterocycles. The van der Waals surface area contributed by atoms with E-state index in [0.717, 1.165) is 61.1 Å². The zero-order valence-corrected chi connectivity index (χ0v) is 29.1. The summed E-state index contributed by atoms with van der Waals surface area (Å²) in [6, 6.07) is 25.8. The summed E-state index contributed by atoms with van der Waals surface area (Å²) in [6.07, 6.45) is 2.95. The highest BCUT2D eigenvalue weighted by Crippen LogP contribution is 2.66. The molecular formula is C37H49N9OS. The number of amides is 1. The van der Waals surface area contributed by atoms with E-state index in [1.165, 1.54) is 11.1 Å². The van der Waals surface area contributed by atoms with Gasteiger partial charge in [-0.1, -0.05) is 81.4 Å². The summed E-state index contributed by atoms with van der Waals surface area (Å²) in [4.78, 5) is 31.8. The van der Waals surface area contributed by atoms with Crippen LogP contribution in [0.5, 0.6) is 0 Å². The number of benzene rings is 2. The molecule has 48 heavy (non-hydrogen) atoms. The third-order valence-electron chi connectivity index (χ3n) is 8.55. The summed E-state index contributed by atoms with van der Waals surface area (Å²) in [5.41, 5.74) is 10.0. The molecule has 4 aromatic rings. The zero-order valence-electron chi connectivity index (χ0n) is 28.3. The molecule has 1 fully saturated rings. The molecule has 2 aromatic carbocycles. The summed E-state index contributed by atoms with van der Waals surface area (Å²) in [5, 5.41) is 14.1. The minimum Gasteiger partial charge on any atom is -0.370 e. The van der Waals surface area contributed by atoms with Crippen LogP contribution in [0.3, 0.4) is 0 Å². The van der Waals surface area contributed by atoms with E-state index < -0.39 is 0 Å². The Morgan fingerprint density at radius 1 is 0.667 bits per heavy atom. The van der Waals surface area contributed by atoms with Gasteiger partial charge in [-0.2, -0.15) is 4.98 Å². The maximum atomic E-state index is 11.7. The fraction of sp³-hybridized carbons (Fsp3) is 0.432. The van der Waals surface area contributed by atoms with Crippen LogP contribution in [0, 0.1) is 0 Å². The maximum absolute atomic E-state index is 11.7. The molecule has 1 aliphatic rings. The number of nitrogens with zero attached hydrogens (tertiary/aromatic N) is 4. The molecule has 10 nitrogen and oxygen atoms in total. The van der Waals surface area contributed by atoms with E-state index >= 15 is 0 Å². The number of thioether (sulfide) groups is 1. The Balaban J connectivity index is 1.61. The monoisotopic (exact) mass is 667 g/mol. The van der Waals surface area contributed by atoms with Crippen molar-refractivity contribution < 1.29 is 4.79 Å². The van der Waals surface area contributed by atoms with E-state index in [9.17, 15) is 4.79 Å². The number of hydrogen-bond donors (Lipinski definition) is 5. The predicted octanol–water partition coefficient (Wildman–Crippen LogP) is 6.35. The van der Waals surface area contributed by atoms with Crippen LogP contribution in [0.2, 0.25) is 0 Å². The van der Waals surface area contributed by atoms with Gasteiger partial charge in [0.05, 0.1) is 17.9 Å². The largest absolute Gasteiger partial charge is 0.370 e. The van der Waals surface area contributed by atoms with Gasteiger partial charge in [0, 0.05) is 61.7 Å². The lowest BCUT2D eigenvalue weighted by atomic mass is 9.50. The van der Waals surface area contributed by atoms with Gasteiger partial charge in [0.25, 0.3) is 0 Å². The fourth-order valence-corrected chi connectivity index (χ4v) is 7.15. The third-order valence-corrected chi connectivity index (χ3v) is 9.46. The van der Waals surface area contributed by atoms with Crippen LogP contribution in [0.15, 0.2) is 77.8 Å². The van der Waals surface area contributed by atoms with E-state index in [1.807, 2.05) is 0 Å². The van der Waals surface area contributed by atoms with Crippen LogP contribution < -0.4 is 27.0 Å². The maximum Gasteiger partial charge on any atom is 0.233 e. The fourth-order valence-electron chi connectivity index (χ4n) is 6.38. The van der Waals surface area contributed by atoms with E-state index in [0.29, 0.717) is 24.2 Å². The molecule has 0 bridgehead atoms. The van der Waals surface area contributed by atoms with Crippen molar-refractivity contribution in [2.24, 2.45) is 5.73 Å². The Labute approximate surface area is 289 Å². The van der Waals surface area contributed by atoms with Gasteiger partial charge in [0.1, 0.15) is 10.8 Å². The van der Waals surface area contributed by atoms with Crippen molar-refractivity contribution in [3.63, 3.8) is 0 Å². The van der Waals surface area contributed by atoms with E-state index in [1.54, 1.807) is 11.8 Å². The number of carbonyl (C=O) groups excluding carboxylic acids is 1. The van der Waals surface area contributed by atoms with Crippen molar-refractivity contribution in [1.29, 1.82) is 0 Å². The highest BCUT2D eigenvalue weighted by atomic mass is 32.2. The number of nitrogens with one attached hydrogen (secondary N) is 4. The first kappa shape index (κ1) is 35.1. The Hall–Kier alpha value is -4.22. The van der Waals surface area contributed by atoms with Gasteiger partial charge in [-0.05, 0) is 36.5 Å². The topological polar surface area (TPSA) is 143 Å². The summed E-state index contributed by atoms with van der Waals surface area (Å²) in [5.74, 6) is 3.01. The number of hydrogen-bond acceptors (Lipinski definition) is 10. The number of anilines is 3. The molecule has 2 aromatic heterocycles. The Morgan fingerprint density at radius 3 is 1.73 bits per heavy atom. The Morgan fingerprint density at radius 2 is 1.19 bits per heavy atom. The highest BCUT2D eigenvalue weighted by Gasteiger charge is 2.54. The average molecular weight is 668 g/mol. The standard InChI is InChI=1S/C37H49N9OS/c1-4-17-39-29-22-27(43-36(45-29)41-18-5-2)34-32(25-13-9-7-10-14-25)35(33(34)26-15-11-8-12-16-26)28-23-31(46-37(44-28)42-19-6-3)48-21-20-40-30(47)24-38/h7-16,22-23,32-35H,4-6,17-21,24,38H2,1-3H3,(H,40,47)(H,42,44,46)(H2,39,41,43,45). The lowest BCUT2D eigenvalue weighted by molar-refractivity contribution is -0.119. The van der Waals surface area contributed by atoms with Crippen molar-refractivity contribution >= 4 is 35.4 Å². The molecule has 2 heterocycles. The van der Waals surface area contributed by atoms with Crippen LogP contribution in [-0.4, -0.2) is 64.3 Å². The number of rotatable bonds is 18. The van der Waals surface area contributed by atoms with Crippen LogP contribution in [0.1, 0.15) is 86.2 Å². The van der Waals surface area contributed by atoms with Crippen LogP contribution >= 0.6 is 11.8 Å². The molecule has 2 atom stereocenters. The molecule has 11 heteroatoms. The second-order valence-corrected chi connectivity index (χ2v) is 13.2. The highest BCUT2D eigenvalue weighted by molar-refractivity contribution is 7.99.